The largest absolute Gasteiger partial charge is 0.623 e. The van der Waals surface area contributed by atoms with Crippen LogP contribution in [0.2, 0.25) is 0 Å². The van der Waals surface area contributed by atoms with E-state index in [9.17, 15) is 10.0 Å². The van der Waals surface area contributed by atoms with Gasteiger partial charge in [-0.2, -0.15) is 4.74 Å². The summed E-state index contributed by atoms with van der Waals surface area (Å²) in [6.45, 7) is 5.75. The van der Waals surface area contributed by atoms with Crippen molar-refractivity contribution in [1.82, 2.24) is 0 Å². The third kappa shape index (κ3) is 3.06. The number of rotatable bonds is 7. The van der Waals surface area contributed by atoms with Crippen molar-refractivity contribution in [2.75, 3.05) is 6.61 Å². The second-order valence-electron chi connectivity index (χ2n) is 5.54. The van der Waals surface area contributed by atoms with Gasteiger partial charge in [0.15, 0.2) is 5.71 Å². The Bertz CT molecular complexity index is 565. The molecule has 1 heterocycles. The quantitative estimate of drug-likeness (QED) is 0.255. The topological polar surface area (TPSA) is 52.4 Å². The molecule has 0 saturated heterocycles. The maximum absolute atomic E-state index is 12.9. The van der Waals surface area contributed by atoms with Crippen LogP contribution in [0.25, 0.3) is 0 Å². The second kappa shape index (κ2) is 7.25. The van der Waals surface area contributed by atoms with Crippen LogP contribution in [-0.4, -0.2) is 28.6 Å². The van der Waals surface area contributed by atoms with Gasteiger partial charge >= 0.3 is 5.97 Å². The molecule has 0 spiro atoms. The summed E-state index contributed by atoms with van der Waals surface area (Å²) in [5, 5.41) is 12.9. The lowest BCUT2D eigenvalue weighted by Gasteiger charge is -2.25. The fraction of sp³-hybridized carbons (Fsp3) is 0.444. The van der Waals surface area contributed by atoms with E-state index >= 15 is 0 Å². The Morgan fingerprint density at radius 2 is 2.18 bits per heavy atom. The lowest BCUT2D eigenvalue weighted by atomic mass is 9.90. The molecule has 0 radical (unpaired) electrons. The normalized spacial score (nSPS) is 21.0. The first-order valence-corrected chi connectivity index (χ1v) is 7.82. The molecule has 1 aliphatic rings. The fourth-order valence-electron chi connectivity index (χ4n) is 3.00. The van der Waals surface area contributed by atoms with Gasteiger partial charge in [-0.3, -0.25) is 0 Å². The molecule has 4 heteroatoms. The molecule has 0 aromatic heterocycles. The predicted molar refractivity (Wildman–Crippen MR) is 86.8 cm³/mol. The van der Waals surface area contributed by atoms with E-state index in [0.717, 1.165) is 23.1 Å². The number of carbonyl (C=O) groups is 1. The van der Waals surface area contributed by atoms with Crippen LogP contribution in [0.5, 0.6) is 0 Å². The summed E-state index contributed by atoms with van der Waals surface area (Å²) in [5.41, 5.74) is 0.476. The monoisotopic (exact) mass is 301 g/mol. The number of carbonyl (C=O) groups excluding carboxylic acids is 1. The van der Waals surface area contributed by atoms with Crippen molar-refractivity contribution in [3.05, 3.63) is 53.8 Å². The minimum absolute atomic E-state index is 0.288. The van der Waals surface area contributed by atoms with Gasteiger partial charge in [0.1, 0.15) is 0 Å². The molecule has 2 rings (SSSR count). The Kier molecular flexibility index (Phi) is 5.36. The van der Waals surface area contributed by atoms with Gasteiger partial charge in [-0.25, -0.2) is 4.79 Å². The van der Waals surface area contributed by atoms with Crippen molar-refractivity contribution in [3.63, 3.8) is 0 Å². The van der Waals surface area contributed by atoms with Crippen molar-refractivity contribution in [2.45, 2.75) is 44.6 Å². The Hall–Kier alpha value is -2.10. The Balaban J connectivity index is 2.35. The number of hydroxylamine groups is 1. The summed E-state index contributed by atoms with van der Waals surface area (Å²) >= 11 is 0. The molecule has 1 aromatic carbocycles. The third-order valence-corrected chi connectivity index (χ3v) is 4.17. The minimum atomic E-state index is -1.08. The first-order chi connectivity index (χ1) is 10.7. The van der Waals surface area contributed by atoms with Crippen LogP contribution in [0, 0.1) is 5.21 Å². The van der Waals surface area contributed by atoms with Gasteiger partial charge in [0.05, 0.1) is 6.61 Å². The third-order valence-electron chi connectivity index (χ3n) is 4.17. The molecule has 1 aromatic rings. The van der Waals surface area contributed by atoms with Crippen molar-refractivity contribution in [1.29, 1.82) is 0 Å². The summed E-state index contributed by atoms with van der Waals surface area (Å²) in [6.07, 6.45) is 4.96. The lowest BCUT2D eigenvalue weighted by Crippen LogP contribution is -2.46. The number of benzene rings is 1. The fourth-order valence-corrected chi connectivity index (χ4v) is 3.00. The molecule has 4 nitrogen and oxygen atoms in total. The number of unbranched alkanes of at least 4 members (excludes halogenated alkanes) is 1. The summed E-state index contributed by atoms with van der Waals surface area (Å²) in [7, 11) is 0. The SMILES string of the molecule is C=CCCCC1(C(=O)OCC)CCC(c2ccccc2)=[N+]1[O-]. The minimum Gasteiger partial charge on any atom is -0.623 e. The van der Waals surface area contributed by atoms with Crippen LogP contribution in [0.4, 0.5) is 0 Å². The van der Waals surface area contributed by atoms with Gasteiger partial charge in [0, 0.05) is 24.8 Å². The smallest absolute Gasteiger partial charge is 0.379 e. The van der Waals surface area contributed by atoms with Gasteiger partial charge in [-0.15, -0.1) is 6.58 Å². The Morgan fingerprint density at radius 1 is 1.45 bits per heavy atom. The van der Waals surface area contributed by atoms with Crippen LogP contribution >= 0.6 is 0 Å². The van der Waals surface area contributed by atoms with Crippen molar-refractivity contribution >= 4 is 11.7 Å². The van der Waals surface area contributed by atoms with Gasteiger partial charge in [-0.1, -0.05) is 24.3 Å². The number of nitrogens with zero attached hydrogens (tertiary/aromatic N) is 1. The van der Waals surface area contributed by atoms with Gasteiger partial charge < -0.3 is 9.94 Å². The van der Waals surface area contributed by atoms with Crippen LogP contribution < -0.4 is 0 Å². The highest BCUT2D eigenvalue weighted by Crippen LogP contribution is 2.33. The molecule has 0 N–H and O–H groups in total. The average Bonchev–Trinajstić information content (AvgIpc) is 2.87. The number of esters is 1. The van der Waals surface area contributed by atoms with E-state index in [2.05, 4.69) is 6.58 Å². The molecule has 1 atom stereocenters. The zero-order chi connectivity index (χ0) is 16.0. The molecular weight excluding hydrogens is 278 g/mol. The summed E-state index contributed by atoms with van der Waals surface area (Å²) < 4.78 is 6.10. The van der Waals surface area contributed by atoms with Crippen molar-refractivity contribution in [3.8, 4) is 0 Å². The van der Waals surface area contributed by atoms with Crippen LogP contribution in [0.3, 0.4) is 0 Å². The van der Waals surface area contributed by atoms with Crippen LogP contribution in [0.1, 0.15) is 44.6 Å². The average molecular weight is 301 g/mol. The van der Waals surface area contributed by atoms with Crippen molar-refractivity contribution < 1.29 is 14.3 Å². The summed E-state index contributed by atoms with van der Waals surface area (Å²) in [4.78, 5) is 12.4. The molecule has 1 aliphatic heterocycles. The van der Waals surface area contributed by atoms with Crippen molar-refractivity contribution in [2.24, 2.45) is 0 Å². The molecule has 0 bridgehead atoms. The second-order valence-corrected chi connectivity index (χ2v) is 5.54. The van der Waals surface area contributed by atoms with E-state index < -0.39 is 11.5 Å². The van der Waals surface area contributed by atoms with Gasteiger partial charge in [0.25, 0.3) is 5.54 Å². The highest BCUT2D eigenvalue weighted by atomic mass is 16.5. The highest BCUT2D eigenvalue weighted by molar-refractivity contribution is 5.99. The van der Waals surface area contributed by atoms with Crippen LogP contribution in [-0.2, 0) is 9.53 Å². The van der Waals surface area contributed by atoms with E-state index in [4.69, 9.17) is 4.74 Å². The maximum Gasteiger partial charge on any atom is 0.379 e. The summed E-state index contributed by atoms with van der Waals surface area (Å²) in [6, 6.07) is 9.53. The van der Waals surface area contributed by atoms with E-state index in [1.165, 1.54) is 0 Å². The summed E-state index contributed by atoms with van der Waals surface area (Å²) in [5.74, 6) is -0.403. The Labute approximate surface area is 131 Å². The predicted octanol–water partition coefficient (Wildman–Crippen LogP) is 3.44. The van der Waals surface area contributed by atoms with Gasteiger partial charge in [-0.05, 0) is 31.9 Å². The van der Waals surface area contributed by atoms with Gasteiger partial charge in [0.2, 0.25) is 0 Å². The molecule has 0 fully saturated rings. The molecule has 0 saturated carbocycles. The molecule has 118 valence electrons. The van der Waals surface area contributed by atoms with Crippen LogP contribution in [0.15, 0.2) is 43.0 Å². The first kappa shape index (κ1) is 16.3. The zero-order valence-corrected chi connectivity index (χ0v) is 13.1. The lowest BCUT2D eigenvalue weighted by molar-refractivity contribution is -0.527. The molecule has 0 aliphatic carbocycles. The molecular formula is C18H23NO3. The maximum atomic E-state index is 12.9. The van der Waals surface area contributed by atoms with E-state index in [1.54, 1.807) is 6.92 Å². The molecule has 0 amide bonds. The number of allylic oxidation sites excluding steroid dienone is 1. The van der Waals surface area contributed by atoms with E-state index in [-0.39, 0.29) is 6.61 Å². The first-order valence-electron chi connectivity index (χ1n) is 7.82. The van der Waals surface area contributed by atoms with E-state index in [0.29, 0.717) is 25.0 Å². The van der Waals surface area contributed by atoms with E-state index in [1.807, 2.05) is 36.4 Å². The highest BCUT2D eigenvalue weighted by Gasteiger charge is 2.53. The molecule has 1 unspecified atom stereocenters. The number of hydrogen-bond donors (Lipinski definition) is 0. The standard InChI is InChI=1S/C18H23NO3/c1-3-5-9-13-18(17(20)22-4-2)14-12-16(19(18)21)15-10-7-6-8-11-15/h3,6-8,10-11H,1,4-5,9,12-14H2,2H3. The molecule has 22 heavy (non-hydrogen) atoms. The Morgan fingerprint density at radius 3 is 2.82 bits per heavy atom. The number of ether oxygens (including phenoxy) is 1. The zero-order valence-electron chi connectivity index (χ0n) is 13.1. The number of hydrogen-bond acceptors (Lipinski definition) is 3.